The fourth-order valence-corrected chi connectivity index (χ4v) is 3.00. The number of aryl methyl sites for hydroxylation is 1. The zero-order valence-corrected chi connectivity index (χ0v) is 11.6. The highest BCUT2D eigenvalue weighted by Gasteiger charge is 2.27. The number of sulfonamides is 1. The molecule has 1 heterocycles. The van der Waals surface area contributed by atoms with Crippen molar-refractivity contribution in [3.63, 3.8) is 0 Å². The lowest BCUT2D eigenvalue weighted by Crippen LogP contribution is -2.28. The molecule has 17 heavy (non-hydrogen) atoms. The molecule has 1 rings (SSSR count). The minimum atomic E-state index is -3.44. The van der Waals surface area contributed by atoms with Gasteiger partial charge in [0.15, 0.2) is 0 Å². The van der Waals surface area contributed by atoms with Crippen LogP contribution in [0.15, 0.2) is 4.90 Å². The van der Waals surface area contributed by atoms with Crippen molar-refractivity contribution in [1.29, 1.82) is 0 Å². The first-order valence-corrected chi connectivity index (χ1v) is 7.10. The molecular formula is C10H20N4O2S. The van der Waals surface area contributed by atoms with Gasteiger partial charge in [0.2, 0.25) is 10.0 Å². The average molecular weight is 260 g/mol. The van der Waals surface area contributed by atoms with Crippen LogP contribution in [-0.4, -0.2) is 43.1 Å². The topological polar surface area (TPSA) is 78.1 Å². The van der Waals surface area contributed by atoms with Gasteiger partial charge in [-0.15, -0.1) is 0 Å². The molecule has 0 aliphatic heterocycles. The van der Waals surface area contributed by atoms with E-state index in [1.165, 1.54) is 4.31 Å². The molecule has 0 fully saturated rings. The molecule has 6 nitrogen and oxygen atoms in total. The maximum atomic E-state index is 12.3. The summed E-state index contributed by atoms with van der Waals surface area (Å²) in [6.07, 6.45) is 0. The summed E-state index contributed by atoms with van der Waals surface area (Å²) in [6.45, 7) is 7.15. The van der Waals surface area contributed by atoms with Gasteiger partial charge in [-0.25, -0.2) is 12.7 Å². The second-order valence-corrected chi connectivity index (χ2v) is 5.81. The summed E-state index contributed by atoms with van der Waals surface area (Å²) >= 11 is 0. The Balaban J connectivity index is 3.16. The van der Waals surface area contributed by atoms with Crippen LogP contribution in [0.1, 0.15) is 25.2 Å². The van der Waals surface area contributed by atoms with Crippen molar-refractivity contribution >= 4 is 10.0 Å². The van der Waals surface area contributed by atoms with Crippen LogP contribution in [0.3, 0.4) is 0 Å². The minimum absolute atomic E-state index is 0.294. The molecule has 1 aromatic heterocycles. The molecule has 2 N–H and O–H groups in total. The van der Waals surface area contributed by atoms with Crippen molar-refractivity contribution in [2.24, 2.45) is 0 Å². The summed E-state index contributed by atoms with van der Waals surface area (Å²) in [5, 5.41) is 9.86. The average Bonchev–Trinajstić information content (AvgIpc) is 2.67. The molecule has 0 amide bonds. The van der Waals surface area contributed by atoms with E-state index in [1.54, 1.807) is 20.9 Å². The van der Waals surface area contributed by atoms with Crippen molar-refractivity contribution in [2.75, 3.05) is 20.1 Å². The van der Waals surface area contributed by atoms with Crippen molar-refractivity contribution in [3.05, 3.63) is 11.4 Å². The third kappa shape index (κ3) is 2.85. The lowest BCUT2D eigenvalue weighted by Gasteiger charge is -2.15. The van der Waals surface area contributed by atoms with E-state index in [0.29, 0.717) is 29.4 Å². The molecule has 0 saturated carbocycles. The number of nitrogens with one attached hydrogen (secondary N) is 2. The normalized spacial score (nSPS) is 12.3. The first-order valence-electron chi connectivity index (χ1n) is 5.66. The highest BCUT2D eigenvalue weighted by Crippen LogP contribution is 2.20. The number of hydrogen-bond donors (Lipinski definition) is 2. The minimum Gasteiger partial charge on any atom is -0.311 e. The molecule has 0 aliphatic rings. The van der Waals surface area contributed by atoms with Crippen LogP contribution in [-0.2, 0) is 16.6 Å². The monoisotopic (exact) mass is 260 g/mol. The number of H-pyrrole nitrogens is 1. The number of aromatic amines is 1. The Hall–Kier alpha value is -0.920. The van der Waals surface area contributed by atoms with E-state index >= 15 is 0 Å². The first kappa shape index (κ1) is 14.1. The van der Waals surface area contributed by atoms with E-state index < -0.39 is 10.0 Å². The molecule has 1 aromatic rings. The molecule has 7 heteroatoms. The summed E-state index contributed by atoms with van der Waals surface area (Å²) in [5.74, 6) is 0. The standard InChI is InChI=1S/C10H20N4O2S/c1-5-11-7-9-10(8(3)12-13-9)17(15,16)14(4)6-2/h11H,5-7H2,1-4H3,(H,12,13). The number of hydrogen-bond acceptors (Lipinski definition) is 4. The van der Waals surface area contributed by atoms with Gasteiger partial charge < -0.3 is 5.32 Å². The van der Waals surface area contributed by atoms with Gasteiger partial charge in [-0.2, -0.15) is 5.10 Å². The van der Waals surface area contributed by atoms with Crippen LogP contribution in [0.5, 0.6) is 0 Å². The summed E-state index contributed by atoms with van der Waals surface area (Å²) in [4.78, 5) is 0.294. The molecule has 98 valence electrons. The highest BCUT2D eigenvalue weighted by atomic mass is 32.2. The first-order chi connectivity index (χ1) is 7.95. The molecule has 0 unspecified atom stereocenters. The van der Waals surface area contributed by atoms with E-state index in [9.17, 15) is 8.42 Å². The van der Waals surface area contributed by atoms with Crippen LogP contribution >= 0.6 is 0 Å². The second kappa shape index (κ2) is 5.61. The lowest BCUT2D eigenvalue weighted by molar-refractivity contribution is 0.484. The van der Waals surface area contributed by atoms with Gasteiger partial charge >= 0.3 is 0 Å². The van der Waals surface area contributed by atoms with E-state index in [-0.39, 0.29) is 0 Å². The van der Waals surface area contributed by atoms with Crippen LogP contribution in [0.4, 0.5) is 0 Å². The SMILES string of the molecule is CCNCc1n[nH]c(C)c1S(=O)(=O)N(C)CC. The van der Waals surface area contributed by atoms with Gasteiger partial charge in [0.1, 0.15) is 4.90 Å². The third-order valence-electron chi connectivity index (χ3n) is 2.62. The summed E-state index contributed by atoms with van der Waals surface area (Å²) in [5.41, 5.74) is 1.13. The number of rotatable bonds is 6. The van der Waals surface area contributed by atoms with Crippen molar-refractivity contribution < 1.29 is 8.42 Å². The molecule has 0 aliphatic carbocycles. The second-order valence-electron chi connectivity index (χ2n) is 3.82. The Labute approximate surface area is 102 Å². The number of aromatic nitrogens is 2. The fraction of sp³-hybridized carbons (Fsp3) is 0.700. The predicted octanol–water partition coefficient (Wildman–Crippen LogP) is 0.468. The van der Waals surface area contributed by atoms with Gasteiger partial charge in [-0.1, -0.05) is 13.8 Å². The van der Waals surface area contributed by atoms with Gasteiger partial charge in [0, 0.05) is 20.1 Å². The van der Waals surface area contributed by atoms with Crippen molar-refractivity contribution in [1.82, 2.24) is 19.8 Å². The van der Waals surface area contributed by atoms with Crippen LogP contribution in [0, 0.1) is 6.92 Å². The quantitative estimate of drug-likeness (QED) is 0.779. The number of nitrogens with zero attached hydrogens (tertiary/aromatic N) is 2. The van der Waals surface area contributed by atoms with Crippen LogP contribution < -0.4 is 5.32 Å². The van der Waals surface area contributed by atoms with Crippen LogP contribution in [0.2, 0.25) is 0 Å². The fourth-order valence-electron chi connectivity index (χ4n) is 1.50. The maximum absolute atomic E-state index is 12.3. The smallest absolute Gasteiger partial charge is 0.246 e. The lowest BCUT2D eigenvalue weighted by atomic mass is 10.3. The maximum Gasteiger partial charge on any atom is 0.246 e. The molecular weight excluding hydrogens is 240 g/mol. The van der Waals surface area contributed by atoms with E-state index in [2.05, 4.69) is 15.5 Å². The highest BCUT2D eigenvalue weighted by molar-refractivity contribution is 7.89. The molecule has 0 atom stereocenters. The molecule has 0 bridgehead atoms. The van der Waals surface area contributed by atoms with Crippen LogP contribution in [0.25, 0.3) is 0 Å². The Morgan fingerprint density at radius 3 is 2.59 bits per heavy atom. The van der Waals surface area contributed by atoms with Crippen molar-refractivity contribution in [2.45, 2.75) is 32.2 Å². The zero-order valence-electron chi connectivity index (χ0n) is 10.7. The summed E-state index contributed by atoms with van der Waals surface area (Å²) in [7, 11) is -1.87. The molecule has 0 spiro atoms. The van der Waals surface area contributed by atoms with Gasteiger partial charge in [-0.3, -0.25) is 5.10 Å². The summed E-state index contributed by atoms with van der Waals surface area (Å²) in [6, 6.07) is 0. The van der Waals surface area contributed by atoms with E-state index in [1.807, 2.05) is 6.92 Å². The third-order valence-corrected chi connectivity index (χ3v) is 4.75. The Kier molecular flexibility index (Phi) is 4.67. The molecule has 0 aromatic carbocycles. The Morgan fingerprint density at radius 2 is 2.06 bits per heavy atom. The van der Waals surface area contributed by atoms with E-state index in [0.717, 1.165) is 6.54 Å². The zero-order chi connectivity index (χ0) is 13.1. The van der Waals surface area contributed by atoms with Crippen molar-refractivity contribution in [3.8, 4) is 0 Å². The summed E-state index contributed by atoms with van der Waals surface area (Å²) < 4.78 is 25.9. The van der Waals surface area contributed by atoms with Gasteiger partial charge in [0.25, 0.3) is 0 Å². The Morgan fingerprint density at radius 1 is 1.41 bits per heavy atom. The molecule has 0 saturated heterocycles. The predicted molar refractivity (Wildman–Crippen MR) is 66.2 cm³/mol. The molecule has 0 radical (unpaired) electrons. The largest absolute Gasteiger partial charge is 0.311 e. The Bertz CT molecular complexity index is 467. The van der Waals surface area contributed by atoms with Gasteiger partial charge in [0.05, 0.1) is 11.4 Å². The van der Waals surface area contributed by atoms with Gasteiger partial charge in [-0.05, 0) is 13.5 Å². The van der Waals surface area contributed by atoms with E-state index in [4.69, 9.17) is 0 Å².